The molecule has 1 unspecified atom stereocenters. The quantitative estimate of drug-likeness (QED) is 0.393. The van der Waals surface area contributed by atoms with Gasteiger partial charge in [0.1, 0.15) is 18.3 Å². The predicted molar refractivity (Wildman–Crippen MR) is 144 cm³/mol. The van der Waals surface area contributed by atoms with Gasteiger partial charge >= 0.3 is 0 Å². The molecular formula is C27H30ClN3O5S. The number of sulfonamides is 1. The topological polar surface area (TPSA) is 96.0 Å². The van der Waals surface area contributed by atoms with Gasteiger partial charge in [-0.15, -0.1) is 0 Å². The Bertz CT molecular complexity index is 1320. The Morgan fingerprint density at radius 1 is 1.00 bits per heavy atom. The van der Waals surface area contributed by atoms with E-state index in [0.29, 0.717) is 23.0 Å². The second-order valence-electron chi connectivity index (χ2n) is 8.24. The summed E-state index contributed by atoms with van der Waals surface area (Å²) < 4.78 is 33.7. The fraction of sp³-hybridized carbons (Fsp3) is 0.259. The number of rotatable bonds is 11. The minimum atomic E-state index is -4.13. The number of anilines is 1. The molecule has 0 saturated heterocycles. The molecule has 10 heteroatoms. The van der Waals surface area contributed by atoms with Crippen molar-refractivity contribution in [3.05, 3.63) is 89.4 Å². The zero-order valence-electron chi connectivity index (χ0n) is 20.9. The summed E-state index contributed by atoms with van der Waals surface area (Å²) in [5, 5.41) is 3.12. The van der Waals surface area contributed by atoms with Crippen molar-refractivity contribution in [2.24, 2.45) is 0 Å². The molecule has 3 aromatic rings. The fourth-order valence-electron chi connectivity index (χ4n) is 3.73. The van der Waals surface area contributed by atoms with Crippen LogP contribution in [0.5, 0.6) is 5.75 Å². The molecule has 0 aromatic heterocycles. The number of likely N-dealkylation sites (N-methyl/N-ethyl adjacent to an activating group) is 1. The number of hydrogen-bond donors (Lipinski definition) is 1. The third-order valence-electron chi connectivity index (χ3n) is 5.73. The summed E-state index contributed by atoms with van der Waals surface area (Å²) in [5.74, 6) is -0.277. The van der Waals surface area contributed by atoms with Crippen LogP contribution in [-0.2, 0) is 26.2 Å². The largest absolute Gasteiger partial charge is 0.497 e. The number of hydrogen-bond acceptors (Lipinski definition) is 5. The van der Waals surface area contributed by atoms with E-state index in [4.69, 9.17) is 16.3 Å². The number of nitrogens with one attached hydrogen (secondary N) is 1. The molecule has 1 atom stereocenters. The summed E-state index contributed by atoms with van der Waals surface area (Å²) in [6, 6.07) is 20.4. The first kappa shape index (κ1) is 28.0. The lowest BCUT2D eigenvalue weighted by Crippen LogP contribution is -2.51. The van der Waals surface area contributed by atoms with Crippen LogP contribution in [0, 0.1) is 0 Å². The number of amides is 2. The van der Waals surface area contributed by atoms with E-state index in [2.05, 4.69) is 5.32 Å². The Morgan fingerprint density at radius 2 is 1.68 bits per heavy atom. The second-order valence-corrected chi connectivity index (χ2v) is 10.5. The Morgan fingerprint density at radius 3 is 2.30 bits per heavy atom. The number of benzene rings is 3. The summed E-state index contributed by atoms with van der Waals surface area (Å²) in [6.45, 7) is 3.37. The van der Waals surface area contributed by atoms with Gasteiger partial charge in [0.15, 0.2) is 0 Å². The molecule has 0 fully saturated rings. The monoisotopic (exact) mass is 543 g/mol. The number of carbonyl (C=O) groups is 2. The van der Waals surface area contributed by atoms with Crippen LogP contribution in [0.2, 0.25) is 5.02 Å². The number of carbonyl (C=O) groups excluding carboxylic acids is 2. The Kier molecular flexibility index (Phi) is 9.54. The maximum Gasteiger partial charge on any atom is 0.264 e. The van der Waals surface area contributed by atoms with E-state index in [-0.39, 0.29) is 17.3 Å². The zero-order valence-corrected chi connectivity index (χ0v) is 22.5. The van der Waals surface area contributed by atoms with Crippen molar-refractivity contribution in [1.29, 1.82) is 0 Å². The third kappa shape index (κ3) is 7.02. The zero-order chi connectivity index (χ0) is 27.0. The van der Waals surface area contributed by atoms with Crippen molar-refractivity contribution >= 4 is 39.1 Å². The summed E-state index contributed by atoms with van der Waals surface area (Å²) in [7, 11) is -2.59. The maximum atomic E-state index is 13.8. The number of para-hydroxylation sites is 1. The molecule has 3 rings (SSSR count). The van der Waals surface area contributed by atoms with Crippen molar-refractivity contribution in [1.82, 2.24) is 10.2 Å². The summed E-state index contributed by atoms with van der Waals surface area (Å²) in [4.78, 5) is 27.8. The highest BCUT2D eigenvalue weighted by Crippen LogP contribution is 2.25. The maximum absolute atomic E-state index is 13.8. The second kappa shape index (κ2) is 12.6. The van der Waals surface area contributed by atoms with Crippen molar-refractivity contribution in [2.75, 3.05) is 24.5 Å². The minimum absolute atomic E-state index is 0.00956. The van der Waals surface area contributed by atoms with Crippen LogP contribution in [-0.4, -0.2) is 51.4 Å². The highest BCUT2D eigenvalue weighted by atomic mass is 35.5. The van der Waals surface area contributed by atoms with Gasteiger partial charge in [-0.3, -0.25) is 13.9 Å². The first-order chi connectivity index (χ1) is 17.7. The van der Waals surface area contributed by atoms with Gasteiger partial charge in [-0.2, -0.15) is 0 Å². The highest BCUT2D eigenvalue weighted by molar-refractivity contribution is 7.92. The van der Waals surface area contributed by atoms with Gasteiger partial charge in [-0.1, -0.05) is 41.9 Å². The smallest absolute Gasteiger partial charge is 0.264 e. The fourth-order valence-corrected chi connectivity index (χ4v) is 5.27. The van der Waals surface area contributed by atoms with Gasteiger partial charge in [0.05, 0.1) is 17.7 Å². The normalized spacial score (nSPS) is 11.9. The van der Waals surface area contributed by atoms with E-state index in [0.717, 1.165) is 9.87 Å². The van der Waals surface area contributed by atoms with Crippen molar-refractivity contribution in [3.8, 4) is 5.75 Å². The summed E-state index contributed by atoms with van der Waals surface area (Å²) >= 11 is 5.96. The van der Waals surface area contributed by atoms with Gasteiger partial charge in [0.2, 0.25) is 11.8 Å². The molecule has 0 aliphatic rings. The summed E-state index contributed by atoms with van der Waals surface area (Å²) in [5.41, 5.74) is 1.05. The van der Waals surface area contributed by atoms with Gasteiger partial charge in [-0.25, -0.2) is 8.42 Å². The average molecular weight is 544 g/mol. The standard InChI is InChI=1S/C27H30ClN3O5S/c1-4-29-27(33)20(2)30(18-21-9-8-12-24(17-21)36-3)26(32)19-31(23-10-6-5-7-11-23)37(34,35)25-15-13-22(28)14-16-25/h5-17,20H,4,18-19H2,1-3H3,(H,29,33). The van der Waals surface area contributed by atoms with Crippen LogP contribution < -0.4 is 14.4 Å². The van der Waals surface area contributed by atoms with Gasteiger partial charge in [0, 0.05) is 18.1 Å². The molecule has 0 saturated carbocycles. The van der Waals surface area contributed by atoms with Crippen LogP contribution in [0.25, 0.3) is 0 Å². The molecule has 196 valence electrons. The van der Waals surface area contributed by atoms with Crippen LogP contribution in [0.1, 0.15) is 19.4 Å². The lowest BCUT2D eigenvalue weighted by Gasteiger charge is -2.32. The predicted octanol–water partition coefficient (Wildman–Crippen LogP) is 4.10. The Balaban J connectivity index is 2.00. The van der Waals surface area contributed by atoms with Crippen LogP contribution >= 0.6 is 11.6 Å². The van der Waals surface area contributed by atoms with Crippen LogP contribution in [0.3, 0.4) is 0 Å². The SMILES string of the molecule is CCNC(=O)C(C)N(Cc1cccc(OC)c1)C(=O)CN(c1ccccc1)S(=O)(=O)c1ccc(Cl)cc1. The average Bonchev–Trinajstić information content (AvgIpc) is 2.90. The van der Waals surface area contributed by atoms with Crippen molar-refractivity contribution < 1.29 is 22.7 Å². The van der Waals surface area contributed by atoms with E-state index in [1.165, 1.54) is 29.2 Å². The van der Waals surface area contributed by atoms with Crippen molar-refractivity contribution in [2.45, 2.75) is 31.3 Å². The summed E-state index contributed by atoms with van der Waals surface area (Å²) in [6.07, 6.45) is 0. The van der Waals surface area contributed by atoms with E-state index < -0.39 is 28.5 Å². The van der Waals surface area contributed by atoms with E-state index in [1.807, 2.05) is 6.07 Å². The molecule has 37 heavy (non-hydrogen) atoms. The van der Waals surface area contributed by atoms with Gasteiger partial charge in [0.25, 0.3) is 10.0 Å². The highest BCUT2D eigenvalue weighted by Gasteiger charge is 2.32. The Hall–Kier alpha value is -3.56. The molecule has 3 aromatic carbocycles. The molecule has 0 aliphatic carbocycles. The lowest BCUT2D eigenvalue weighted by atomic mass is 10.1. The number of nitrogens with zero attached hydrogens (tertiary/aromatic N) is 2. The van der Waals surface area contributed by atoms with E-state index >= 15 is 0 Å². The van der Waals surface area contributed by atoms with E-state index in [9.17, 15) is 18.0 Å². The first-order valence-corrected chi connectivity index (χ1v) is 13.5. The minimum Gasteiger partial charge on any atom is -0.497 e. The molecule has 2 amide bonds. The number of halogens is 1. The number of ether oxygens (including phenoxy) is 1. The van der Waals surface area contributed by atoms with Crippen LogP contribution in [0.4, 0.5) is 5.69 Å². The molecule has 0 heterocycles. The van der Waals surface area contributed by atoms with Crippen LogP contribution in [0.15, 0.2) is 83.8 Å². The Labute approximate surface area is 222 Å². The molecular weight excluding hydrogens is 514 g/mol. The molecule has 0 spiro atoms. The lowest BCUT2D eigenvalue weighted by molar-refractivity contribution is -0.139. The van der Waals surface area contributed by atoms with Gasteiger partial charge < -0.3 is 15.0 Å². The molecule has 1 N–H and O–H groups in total. The van der Waals surface area contributed by atoms with E-state index in [1.54, 1.807) is 69.5 Å². The van der Waals surface area contributed by atoms with Crippen molar-refractivity contribution in [3.63, 3.8) is 0 Å². The molecule has 0 aliphatic heterocycles. The first-order valence-electron chi connectivity index (χ1n) is 11.7. The number of methoxy groups -OCH3 is 1. The third-order valence-corrected chi connectivity index (χ3v) is 7.77. The molecule has 0 bridgehead atoms. The van der Waals surface area contributed by atoms with Gasteiger partial charge in [-0.05, 0) is 67.9 Å². The molecule has 8 nitrogen and oxygen atoms in total. The molecule has 0 radical (unpaired) electrons.